The third-order valence-electron chi connectivity index (χ3n) is 2.62. The highest BCUT2D eigenvalue weighted by atomic mass is 32.2. The fraction of sp³-hybridized carbons (Fsp3) is 0.500. The standard InChI is InChI=1S/C14H20N2O2S/c1-14(2,3)19(17)16-13(9-10-15)11-5-7-12(18-4)8-6-11/h5-8,13,16H,9H2,1-4H3/t13-,19?/m1/s1. The van der Waals surface area contributed by atoms with Gasteiger partial charge in [0, 0.05) is 0 Å². The molecule has 0 saturated heterocycles. The lowest BCUT2D eigenvalue weighted by molar-refractivity contribution is 0.414. The zero-order chi connectivity index (χ0) is 14.5. The van der Waals surface area contributed by atoms with Crippen LogP contribution in [0, 0.1) is 11.3 Å². The first-order chi connectivity index (χ1) is 8.88. The Bertz CT molecular complexity index is 472. The fourth-order valence-corrected chi connectivity index (χ4v) is 2.29. The number of rotatable bonds is 5. The van der Waals surface area contributed by atoms with Gasteiger partial charge in [-0.15, -0.1) is 0 Å². The number of benzene rings is 1. The molecule has 19 heavy (non-hydrogen) atoms. The van der Waals surface area contributed by atoms with Gasteiger partial charge in [-0.2, -0.15) is 5.26 Å². The van der Waals surface area contributed by atoms with Crippen LogP contribution < -0.4 is 9.46 Å². The first-order valence-corrected chi connectivity index (χ1v) is 7.22. The second-order valence-electron chi connectivity index (χ2n) is 5.19. The summed E-state index contributed by atoms with van der Waals surface area (Å²) in [4.78, 5) is 0. The van der Waals surface area contributed by atoms with Crippen LogP contribution in [-0.2, 0) is 11.0 Å². The molecule has 1 unspecified atom stereocenters. The average Bonchev–Trinajstić information content (AvgIpc) is 2.37. The molecular weight excluding hydrogens is 260 g/mol. The second kappa shape index (κ2) is 6.69. The monoisotopic (exact) mass is 280 g/mol. The van der Waals surface area contributed by atoms with Gasteiger partial charge in [0.15, 0.2) is 0 Å². The van der Waals surface area contributed by atoms with Gasteiger partial charge in [0.05, 0.1) is 41.4 Å². The first-order valence-electron chi connectivity index (χ1n) is 6.07. The normalized spacial score (nSPS) is 14.5. The number of nitrogens with zero attached hydrogens (tertiary/aromatic N) is 1. The molecule has 2 atom stereocenters. The van der Waals surface area contributed by atoms with Gasteiger partial charge in [-0.3, -0.25) is 0 Å². The molecule has 1 aromatic carbocycles. The average molecular weight is 280 g/mol. The van der Waals surface area contributed by atoms with E-state index in [9.17, 15) is 4.21 Å². The molecule has 1 rings (SSSR count). The van der Waals surface area contributed by atoms with Crippen molar-refractivity contribution < 1.29 is 8.95 Å². The van der Waals surface area contributed by atoms with E-state index in [0.717, 1.165) is 11.3 Å². The van der Waals surface area contributed by atoms with Gasteiger partial charge >= 0.3 is 0 Å². The Morgan fingerprint density at radius 3 is 2.37 bits per heavy atom. The Morgan fingerprint density at radius 2 is 1.95 bits per heavy atom. The molecule has 0 aliphatic heterocycles. The summed E-state index contributed by atoms with van der Waals surface area (Å²) >= 11 is 0. The molecule has 0 fully saturated rings. The summed E-state index contributed by atoms with van der Waals surface area (Å²) in [5, 5.41) is 8.90. The van der Waals surface area contributed by atoms with Crippen molar-refractivity contribution in [3.63, 3.8) is 0 Å². The van der Waals surface area contributed by atoms with Crippen molar-refractivity contribution in [1.82, 2.24) is 4.72 Å². The highest BCUT2D eigenvalue weighted by Gasteiger charge is 2.23. The highest BCUT2D eigenvalue weighted by molar-refractivity contribution is 7.84. The predicted molar refractivity (Wildman–Crippen MR) is 77.0 cm³/mol. The molecule has 104 valence electrons. The number of nitrogens with one attached hydrogen (secondary N) is 1. The van der Waals surface area contributed by atoms with Crippen molar-refractivity contribution >= 4 is 11.0 Å². The van der Waals surface area contributed by atoms with Crippen LogP contribution in [0.15, 0.2) is 24.3 Å². The molecule has 0 aliphatic rings. The quantitative estimate of drug-likeness (QED) is 0.902. The minimum atomic E-state index is -1.21. The SMILES string of the molecule is COc1ccc([C@@H](CC#N)NS(=O)C(C)(C)C)cc1. The summed E-state index contributed by atoms with van der Waals surface area (Å²) < 4.78 is 19.9. The third-order valence-corrected chi connectivity index (χ3v) is 4.23. The van der Waals surface area contributed by atoms with Crippen molar-refractivity contribution in [1.29, 1.82) is 5.26 Å². The molecule has 5 heteroatoms. The third kappa shape index (κ3) is 4.66. The minimum Gasteiger partial charge on any atom is -0.497 e. The van der Waals surface area contributed by atoms with Gasteiger partial charge in [-0.1, -0.05) is 12.1 Å². The molecule has 1 aromatic rings. The molecule has 0 bridgehead atoms. The number of methoxy groups -OCH3 is 1. The van der Waals surface area contributed by atoms with Crippen LogP contribution in [0.1, 0.15) is 38.8 Å². The smallest absolute Gasteiger partial charge is 0.118 e. The van der Waals surface area contributed by atoms with Gasteiger partial charge < -0.3 is 4.74 Å². The minimum absolute atomic E-state index is 0.240. The fourth-order valence-electron chi connectivity index (χ4n) is 1.46. The Hall–Kier alpha value is -1.38. The van der Waals surface area contributed by atoms with Crippen LogP contribution >= 0.6 is 0 Å². The summed E-state index contributed by atoms with van der Waals surface area (Å²) in [6.07, 6.45) is 0.272. The van der Waals surface area contributed by atoms with E-state index in [-0.39, 0.29) is 17.2 Å². The van der Waals surface area contributed by atoms with E-state index < -0.39 is 11.0 Å². The molecular formula is C14H20N2O2S. The van der Waals surface area contributed by atoms with Crippen molar-refractivity contribution in [2.24, 2.45) is 0 Å². The predicted octanol–water partition coefficient (Wildman–Crippen LogP) is 2.70. The van der Waals surface area contributed by atoms with E-state index in [1.54, 1.807) is 7.11 Å². The molecule has 4 nitrogen and oxygen atoms in total. The topological polar surface area (TPSA) is 62.1 Å². The van der Waals surface area contributed by atoms with E-state index in [1.807, 2.05) is 45.0 Å². The van der Waals surface area contributed by atoms with Crippen LogP contribution in [0.4, 0.5) is 0 Å². The zero-order valence-corrected chi connectivity index (χ0v) is 12.6. The van der Waals surface area contributed by atoms with Crippen LogP contribution in [0.2, 0.25) is 0 Å². The Labute approximate surface area is 117 Å². The number of nitriles is 1. The molecule has 0 saturated carbocycles. The van der Waals surface area contributed by atoms with Crippen molar-refractivity contribution in [3.8, 4) is 11.8 Å². The maximum absolute atomic E-state index is 12.1. The largest absolute Gasteiger partial charge is 0.497 e. The van der Waals surface area contributed by atoms with Crippen LogP contribution in [0.3, 0.4) is 0 Å². The van der Waals surface area contributed by atoms with Crippen molar-refractivity contribution in [2.75, 3.05) is 7.11 Å². The molecule has 0 amide bonds. The molecule has 0 aromatic heterocycles. The van der Waals surface area contributed by atoms with E-state index in [1.165, 1.54) is 0 Å². The molecule has 0 aliphatic carbocycles. The molecule has 1 N–H and O–H groups in total. The van der Waals surface area contributed by atoms with Crippen LogP contribution in [0.5, 0.6) is 5.75 Å². The number of hydrogen-bond donors (Lipinski definition) is 1. The lowest BCUT2D eigenvalue weighted by Crippen LogP contribution is -2.35. The zero-order valence-electron chi connectivity index (χ0n) is 11.8. The van der Waals surface area contributed by atoms with Gasteiger partial charge in [-0.25, -0.2) is 8.93 Å². The highest BCUT2D eigenvalue weighted by Crippen LogP contribution is 2.22. The van der Waals surface area contributed by atoms with E-state index in [2.05, 4.69) is 10.8 Å². The van der Waals surface area contributed by atoms with Crippen molar-refractivity contribution in [3.05, 3.63) is 29.8 Å². The Balaban J connectivity index is 2.88. The van der Waals surface area contributed by atoms with Gasteiger partial charge in [0.25, 0.3) is 0 Å². The van der Waals surface area contributed by atoms with E-state index in [0.29, 0.717) is 0 Å². The maximum atomic E-state index is 12.1. The number of ether oxygens (including phenoxy) is 1. The maximum Gasteiger partial charge on any atom is 0.118 e. The molecule has 0 heterocycles. The second-order valence-corrected chi connectivity index (χ2v) is 7.18. The van der Waals surface area contributed by atoms with Crippen molar-refractivity contribution in [2.45, 2.75) is 38.0 Å². The van der Waals surface area contributed by atoms with E-state index >= 15 is 0 Å². The summed E-state index contributed by atoms with van der Waals surface area (Å²) in [7, 11) is 0.397. The van der Waals surface area contributed by atoms with E-state index in [4.69, 9.17) is 10.00 Å². The Morgan fingerprint density at radius 1 is 1.37 bits per heavy atom. The number of hydrogen-bond acceptors (Lipinski definition) is 3. The summed E-state index contributed by atoms with van der Waals surface area (Å²) in [5.74, 6) is 0.761. The lowest BCUT2D eigenvalue weighted by Gasteiger charge is -2.23. The van der Waals surface area contributed by atoms with Gasteiger partial charge in [0.2, 0.25) is 0 Å². The lowest BCUT2D eigenvalue weighted by atomic mass is 10.1. The summed E-state index contributed by atoms with van der Waals surface area (Å²) in [5.41, 5.74) is 0.931. The van der Waals surface area contributed by atoms with Crippen LogP contribution in [0.25, 0.3) is 0 Å². The van der Waals surface area contributed by atoms with Crippen LogP contribution in [-0.4, -0.2) is 16.1 Å². The molecule has 0 radical (unpaired) electrons. The van der Waals surface area contributed by atoms with Gasteiger partial charge in [-0.05, 0) is 38.5 Å². The summed E-state index contributed by atoms with van der Waals surface area (Å²) in [6.45, 7) is 5.69. The Kier molecular flexibility index (Phi) is 5.52. The van der Waals surface area contributed by atoms with Gasteiger partial charge in [0.1, 0.15) is 5.75 Å². The first kappa shape index (κ1) is 15.7. The molecule has 0 spiro atoms. The summed E-state index contributed by atoms with van der Waals surface area (Å²) in [6, 6.07) is 9.32.